The average Bonchev–Trinajstić information content (AvgIpc) is 3.26. The number of ether oxygens (including phenoxy) is 1. The Hall–Kier alpha value is -3.40. The van der Waals surface area contributed by atoms with E-state index in [2.05, 4.69) is 15.0 Å². The quantitative estimate of drug-likeness (QED) is 0.590. The number of hydrogen-bond donors (Lipinski definition) is 3. The topological polar surface area (TPSA) is 145 Å². The van der Waals surface area contributed by atoms with Crippen LogP contribution in [0.2, 0.25) is 0 Å². The van der Waals surface area contributed by atoms with Crippen molar-refractivity contribution in [3.63, 3.8) is 0 Å². The fourth-order valence-electron chi connectivity index (χ4n) is 3.08. The molecule has 0 spiro atoms. The van der Waals surface area contributed by atoms with E-state index in [4.69, 9.17) is 16.2 Å². The molecule has 10 nitrogen and oxygen atoms in total. The summed E-state index contributed by atoms with van der Waals surface area (Å²) in [5.74, 6) is 0.134. The number of imidazole rings is 1. The highest BCUT2D eigenvalue weighted by atomic mass is 16.5. The first-order valence-corrected chi connectivity index (χ1v) is 8.48. The fourth-order valence-corrected chi connectivity index (χ4v) is 3.08. The van der Waals surface area contributed by atoms with Gasteiger partial charge in [-0.3, -0.25) is 14.2 Å². The molecule has 140 valence electrons. The lowest BCUT2D eigenvalue weighted by atomic mass is 10.2. The molecule has 3 aromatic rings. The van der Waals surface area contributed by atoms with Crippen LogP contribution < -0.4 is 26.7 Å². The van der Waals surface area contributed by atoms with E-state index in [-0.39, 0.29) is 40.1 Å². The number of hydrogen-bond acceptors (Lipinski definition) is 7. The Kier molecular flexibility index (Phi) is 4.04. The summed E-state index contributed by atoms with van der Waals surface area (Å²) in [6, 6.07) is 6.58. The standard InChI is InChI=1S/C17H19N7O3/c1-23-15(26)12-14(21-16(20-12)24-7-6-9(18)8-24)22-17(23)27-11-5-3-2-4-10(11)13(19)25/h2-5,9H,6-8,18H2,1H3,(H2,19,25)(H,20,21). The van der Waals surface area contributed by atoms with E-state index in [1.54, 1.807) is 18.2 Å². The molecule has 0 saturated carbocycles. The zero-order chi connectivity index (χ0) is 19.1. The van der Waals surface area contributed by atoms with Crippen LogP contribution in [0.15, 0.2) is 29.1 Å². The summed E-state index contributed by atoms with van der Waals surface area (Å²) >= 11 is 0. The largest absolute Gasteiger partial charge is 0.425 e. The van der Waals surface area contributed by atoms with E-state index >= 15 is 0 Å². The number of amides is 1. The lowest BCUT2D eigenvalue weighted by Gasteiger charge is -2.12. The van der Waals surface area contributed by atoms with Crippen molar-refractivity contribution >= 4 is 23.0 Å². The molecular formula is C17H19N7O3. The van der Waals surface area contributed by atoms with E-state index in [1.807, 2.05) is 4.90 Å². The third-order valence-electron chi connectivity index (χ3n) is 4.56. The van der Waals surface area contributed by atoms with Gasteiger partial charge < -0.3 is 26.1 Å². The van der Waals surface area contributed by atoms with Gasteiger partial charge in [0.2, 0.25) is 5.95 Å². The molecule has 10 heteroatoms. The van der Waals surface area contributed by atoms with Crippen LogP contribution >= 0.6 is 0 Å². The zero-order valence-electron chi connectivity index (χ0n) is 14.7. The summed E-state index contributed by atoms with van der Waals surface area (Å²) in [7, 11) is 1.53. The predicted molar refractivity (Wildman–Crippen MR) is 99.0 cm³/mol. The summed E-state index contributed by atoms with van der Waals surface area (Å²) < 4.78 is 6.95. The maximum Gasteiger partial charge on any atom is 0.306 e. The number of benzene rings is 1. The molecule has 1 aliphatic rings. The minimum atomic E-state index is -0.635. The smallest absolute Gasteiger partial charge is 0.306 e. The molecule has 1 aliphatic heterocycles. The molecule has 1 atom stereocenters. The normalized spacial score (nSPS) is 16.8. The van der Waals surface area contributed by atoms with Crippen molar-refractivity contribution in [3.8, 4) is 11.8 Å². The van der Waals surface area contributed by atoms with Crippen LogP contribution in [0, 0.1) is 0 Å². The van der Waals surface area contributed by atoms with Gasteiger partial charge in [-0.05, 0) is 18.6 Å². The van der Waals surface area contributed by atoms with Gasteiger partial charge in [0.1, 0.15) is 5.75 Å². The molecule has 27 heavy (non-hydrogen) atoms. The summed E-state index contributed by atoms with van der Waals surface area (Å²) in [5, 5.41) is 0. The van der Waals surface area contributed by atoms with Crippen LogP contribution in [0.4, 0.5) is 5.95 Å². The number of H-pyrrole nitrogens is 1. The highest BCUT2D eigenvalue weighted by Gasteiger charge is 2.24. The van der Waals surface area contributed by atoms with E-state index < -0.39 is 5.91 Å². The van der Waals surface area contributed by atoms with Crippen molar-refractivity contribution in [1.29, 1.82) is 0 Å². The second kappa shape index (κ2) is 6.40. The number of fused-ring (bicyclic) bond motifs is 1. The molecule has 0 radical (unpaired) electrons. The van der Waals surface area contributed by atoms with E-state index in [0.717, 1.165) is 13.0 Å². The fraction of sp³-hybridized carbons (Fsp3) is 0.294. The SMILES string of the molecule is Cn1c(Oc2ccccc2C(N)=O)nc2nc(N3CCC(N)C3)[nH]c2c1=O. The summed E-state index contributed by atoms with van der Waals surface area (Å²) in [6.07, 6.45) is 0.862. The van der Waals surface area contributed by atoms with Crippen LogP contribution in [-0.2, 0) is 7.05 Å². The number of carbonyl (C=O) groups is 1. The molecular weight excluding hydrogens is 350 g/mol. The van der Waals surface area contributed by atoms with E-state index in [1.165, 1.54) is 17.7 Å². The Morgan fingerprint density at radius 3 is 2.81 bits per heavy atom. The van der Waals surface area contributed by atoms with Gasteiger partial charge in [-0.15, -0.1) is 0 Å². The monoisotopic (exact) mass is 369 g/mol. The number of aromatic nitrogens is 4. The lowest BCUT2D eigenvalue weighted by Crippen LogP contribution is -2.27. The minimum absolute atomic E-state index is 0.0115. The number of nitrogens with zero attached hydrogens (tertiary/aromatic N) is 4. The molecule has 1 aromatic carbocycles. The van der Waals surface area contributed by atoms with Gasteiger partial charge in [0, 0.05) is 26.2 Å². The zero-order valence-corrected chi connectivity index (χ0v) is 14.7. The Balaban J connectivity index is 1.75. The lowest BCUT2D eigenvalue weighted by molar-refractivity contribution is 0.0998. The number of carbonyl (C=O) groups excluding carboxylic acids is 1. The molecule has 5 N–H and O–H groups in total. The number of rotatable bonds is 4. The molecule has 0 aliphatic carbocycles. The summed E-state index contributed by atoms with van der Waals surface area (Å²) in [4.78, 5) is 38.0. The first-order valence-electron chi connectivity index (χ1n) is 8.48. The Bertz CT molecular complexity index is 1090. The number of primary amides is 1. The van der Waals surface area contributed by atoms with Gasteiger partial charge in [0.15, 0.2) is 11.2 Å². The van der Waals surface area contributed by atoms with Gasteiger partial charge in [-0.25, -0.2) is 0 Å². The van der Waals surface area contributed by atoms with Gasteiger partial charge in [0.25, 0.3) is 11.5 Å². The Labute approximate surface area is 153 Å². The number of nitrogens with one attached hydrogen (secondary N) is 1. The third kappa shape index (κ3) is 2.99. The molecule has 1 unspecified atom stereocenters. The van der Waals surface area contributed by atoms with Gasteiger partial charge in [0.05, 0.1) is 5.56 Å². The van der Waals surface area contributed by atoms with E-state index in [0.29, 0.717) is 12.5 Å². The first-order chi connectivity index (χ1) is 12.9. The molecule has 0 bridgehead atoms. The molecule has 1 amide bonds. The molecule has 4 rings (SSSR count). The van der Waals surface area contributed by atoms with Crippen LogP contribution in [-0.4, -0.2) is 44.6 Å². The van der Waals surface area contributed by atoms with Gasteiger partial charge in [-0.2, -0.15) is 9.97 Å². The number of anilines is 1. The predicted octanol–water partition coefficient (Wildman–Crippen LogP) is 0.0852. The van der Waals surface area contributed by atoms with Crippen molar-refractivity contribution in [2.75, 3.05) is 18.0 Å². The maximum absolute atomic E-state index is 12.7. The number of aromatic amines is 1. The van der Waals surface area contributed by atoms with Crippen molar-refractivity contribution in [3.05, 3.63) is 40.2 Å². The number of nitrogens with two attached hydrogens (primary N) is 2. The maximum atomic E-state index is 12.7. The Morgan fingerprint density at radius 2 is 2.11 bits per heavy atom. The molecule has 3 heterocycles. The third-order valence-corrected chi connectivity index (χ3v) is 4.56. The molecule has 2 aromatic heterocycles. The number of para-hydroxylation sites is 1. The van der Waals surface area contributed by atoms with Crippen LogP contribution in [0.25, 0.3) is 11.2 Å². The molecule has 1 saturated heterocycles. The second-order valence-electron chi connectivity index (χ2n) is 6.47. The minimum Gasteiger partial charge on any atom is -0.425 e. The van der Waals surface area contributed by atoms with Crippen LogP contribution in [0.5, 0.6) is 11.8 Å². The van der Waals surface area contributed by atoms with Gasteiger partial charge >= 0.3 is 6.01 Å². The highest BCUT2D eigenvalue weighted by Crippen LogP contribution is 2.24. The summed E-state index contributed by atoms with van der Waals surface area (Å²) in [6.45, 7) is 1.42. The van der Waals surface area contributed by atoms with Crippen LogP contribution in [0.1, 0.15) is 16.8 Å². The van der Waals surface area contributed by atoms with Crippen molar-refractivity contribution in [1.82, 2.24) is 19.5 Å². The average molecular weight is 369 g/mol. The van der Waals surface area contributed by atoms with Crippen molar-refractivity contribution in [2.45, 2.75) is 12.5 Å². The van der Waals surface area contributed by atoms with Crippen molar-refractivity contribution in [2.24, 2.45) is 18.5 Å². The van der Waals surface area contributed by atoms with Gasteiger partial charge in [-0.1, -0.05) is 12.1 Å². The van der Waals surface area contributed by atoms with Crippen LogP contribution in [0.3, 0.4) is 0 Å². The second-order valence-corrected chi connectivity index (χ2v) is 6.47. The Morgan fingerprint density at radius 1 is 1.33 bits per heavy atom. The summed E-state index contributed by atoms with van der Waals surface area (Å²) in [5.41, 5.74) is 11.7. The van der Waals surface area contributed by atoms with E-state index in [9.17, 15) is 9.59 Å². The molecule has 1 fully saturated rings. The highest BCUT2D eigenvalue weighted by molar-refractivity contribution is 5.95. The first kappa shape index (κ1) is 17.0. The van der Waals surface area contributed by atoms with Crippen molar-refractivity contribution < 1.29 is 9.53 Å².